The van der Waals surface area contributed by atoms with Gasteiger partial charge in [-0.25, -0.2) is 0 Å². The molecular weight excluding hydrogens is 322 g/mol. The highest BCUT2D eigenvalue weighted by Crippen LogP contribution is 2.09. The number of carbonyl (C=O) groups is 2. The summed E-state index contributed by atoms with van der Waals surface area (Å²) in [6, 6.07) is 0. The number of hydrogen-bond donors (Lipinski definition) is 3. The Morgan fingerprint density at radius 1 is 0.720 bits per heavy atom. The fourth-order valence-electron chi connectivity index (χ4n) is 2.95. The first kappa shape index (κ1) is 23.9. The predicted molar refractivity (Wildman–Crippen MR) is 98.8 cm³/mol. The minimum atomic E-state index is -0.717. The van der Waals surface area contributed by atoms with Crippen LogP contribution in [0.4, 0.5) is 0 Å². The molecule has 0 unspecified atom stereocenters. The van der Waals surface area contributed by atoms with E-state index in [1.54, 1.807) is 0 Å². The maximum Gasteiger partial charge on any atom is 0.303 e. The minimum absolute atomic E-state index is 0.265. The van der Waals surface area contributed by atoms with E-state index in [9.17, 15) is 14.7 Å². The highest BCUT2D eigenvalue weighted by molar-refractivity contribution is 5.66. The smallest absolute Gasteiger partial charge is 0.303 e. The van der Waals surface area contributed by atoms with Crippen LogP contribution in [-0.4, -0.2) is 57.9 Å². The molecule has 0 aliphatic carbocycles. The highest BCUT2D eigenvalue weighted by atomic mass is 16.4. The first-order chi connectivity index (χ1) is 11.9. The van der Waals surface area contributed by atoms with Gasteiger partial charge in [0, 0.05) is 19.4 Å². The number of aliphatic carboxylic acids is 2. The number of carboxylic acids is 2. The Morgan fingerprint density at radius 2 is 1.08 bits per heavy atom. The lowest BCUT2D eigenvalue weighted by molar-refractivity contribution is -0.138. The molecule has 0 radical (unpaired) electrons. The van der Waals surface area contributed by atoms with E-state index < -0.39 is 11.9 Å². The molecule has 6 nitrogen and oxygen atoms in total. The number of rotatable bonds is 18. The van der Waals surface area contributed by atoms with Crippen molar-refractivity contribution in [3.8, 4) is 0 Å². The third-order valence-electron chi connectivity index (χ3n) is 4.25. The van der Waals surface area contributed by atoms with Gasteiger partial charge in [0.1, 0.15) is 0 Å². The highest BCUT2D eigenvalue weighted by Gasteiger charge is 2.08. The summed E-state index contributed by atoms with van der Waals surface area (Å²) in [7, 11) is 0. The van der Waals surface area contributed by atoms with Crippen molar-refractivity contribution in [3.05, 3.63) is 0 Å². The molecule has 0 aromatic rings. The normalized spacial score (nSPS) is 12.4. The van der Waals surface area contributed by atoms with Gasteiger partial charge in [-0.15, -0.1) is 0 Å². The van der Waals surface area contributed by atoms with Gasteiger partial charge in [-0.3, -0.25) is 9.59 Å². The Morgan fingerprint density at radius 3 is 1.44 bits per heavy atom. The van der Waals surface area contributed by atoms with Crippen LogP contribution >= 0.6 is 0 Å². The Labute approximate surface area is 152 Å². The summed E-state index contributed by atoms with van der Waals surface area (Å²) in [6.45, 7) is 4.45. The Kier molecular flexibility index (Phi) is 15.6. The second-order valence-corrected chi connectivity index (χ2v) is 6.97. The minimum Gasteiger partial charge on any atom is -0.481 e. The number of aliphatic hydroxyl groups excluding tert-OH is 1. The molecule has 0 aromatic carbocycles. The molecule has 0 aromatic heterocycles. The van der Waals surface area contributed by atoms with E-state index in [4.69, 9.17) is 10.2 Å². The van der Waals surface area contributed by atoms with Crippen LogP contribution in [0.2, 0.25) is 0 Å². The van der Waals surface area contributed by atoms with Crippen molar-refractivity contribution in [3.63, 3.8) is 0 Å². The van der Waals surface area contributed by atoms with Crippen molar-refractivity contribution in [2.24, 2.45) is 0 Å². The van der Waals surface area contributed by atoms with Gasteiger partial charge in [0.2, 0.25) is 0 Å². The molecule has 0 heterocycles. The Hall–Kier alpha value is -1.14. The second-order valence-electron chi connectivity index (χ2n) is 6.97. The maximum absolute atomic E-state index is 10.4. The van der Waals surface area contributed by atoms with Crippen molar-refractivity contribution in [1.82, 2.24) is 4.90 Å². The third kappa shape index (κ3) is 19.0. The molecule has 0 rings (SSSR count). The fraction of sp³-hybridized carbons (Fsp3) is 0.895. The van der Waals surface area contributed by atoms with Gasteiger partial charge in [0.05, 0.1) is 6.10 Å². The van der Waals surface area contributed by atoms with Crippen LogP contribution in [0.15, 0.2) is 0 Å². The lowest BCUT2D eigenvalue weighted by Crippen LogP contribution is -2.32. The van der Waals surface area contributed by atoms with Gasteiger partial charge >= 0.3 is 11.9 Å². The molecule has 0 bridgehead atoms. The zero-order valence-electron chi connectivity index (χ0n) is 15.8. The van der Waals surface area contributed by atoms with Crippen molar-refractivity contribution < 1.29 is 24.9 Å². The average Bonchev–Trinajstić information content (AvgIpc) is 2.51. The molecule has 1 atom stereocenters. The maximum atomic E-state index is 10.4. The van der Waals surface area contributed by atoms with Gasteiger partial charge in [0.25, 0.3) is 0 Å². The first-order valence-electron chi connectivity index (χ1n) is 9.76. The summed E-state index contributed by atoms with van der Waals surface area (Å²) in [6.07, 6.45) is 10.2. The second kappa shape index (κ2) is 16.3. The number of aliphatic hydroxyl groups is 1. The summed E-state index contributed by atoms with van der Waals surface area (Å²) in [5.41, 5.74) is 0. The van der Waals surface area contributed by atoms with E-state index in [1.807, 2.05) is 6.92 Å². The van der Waals surface area contributed by atoms with Crippen LogP contribution in [0.1, 0.15) is 84.0 Å². The number of nitrogens with zero attached hydrogens (tertiary/aromatic N) is 1. The monoisotopic (exact) mass is 359 g/mol. The lowest BCUT2D eigenvalue weighted by Gasteiger charge is -2.23. The SMILES string of the molecule is C[C@@H](O)CN(CCCCCCCC(=O)O)CCCCCCCC(=O)O. The molecule has 6 heteroatoms. The zero-order valence-corrected chi connectivity index (χ0v) is 15.8. The van der Waals surface area contributed by atoms with E-state index in [-0.39, 0.29) is 18.9 Å². The number of hydrogen-bond acceptors (Lipinski definition) is 4. The molecule has 0 fully saturated rings. The van der Waals surface area contributed by atoms with Gasteiger partial charge < -0.3 is 20.2 Å². The van der Waals surface area contributed by atoms with Crippen molar-refractivity contribution >= 4 is 11.9 Å². The topological polar surface area (TPSA) is 98.1 Å². The standard InChI is InChI=1S/C19H37NO5/c1-17(21)16-20(14-10-6-2-4-8-12-18(22)23)15-11-7-3-5-9-13-19(24)25/h17,21H,2-16H2,1H3,(H,22,23)(H,24,25)/t17-/m1/s1. The largest absolute Gasteiger partial charge is 0.481 e. The molecular formula is C19H37NO5. The summed E-state index contributed by atoms with van der Waals surface area (Å²) in [4.78, 5) is 23.2. The van der Waals surface area contributed by atoms with Crippen molar-refractivity contribution in [2.75, 3.05) is 19.6 Å². The molecule has 25 heavy (non-hydrogen) atoms. The van der Waals surface area contributed by atoms with Gasteiger partial charge in [-0.05, 0) is 45.7 Å². The molecule has 3 N–H and O–H groups in total. The lowest BCUT2D eigenvalue weighted by atomic mass is 10.1. The van der Waals surface area contributed by atoms with Crippen molar-refractivity contribution in [2.45, 2.75) is 90.1 Å². The number of unbranched alkanes of at least 4 members (excludes halogenated alkanes) is 8. The molecule has 0 spiro atoms. The van der Waals surface area contributed by atoms with E-state index in [2.05, 4.69) is 4.90 Å². The van der Waals surface area contributed by atoms with Crippen LogP contribution in [0, 0.1) is 0 Å². The predicted octanol–water partition coefficient (Wildman–Crippen LogP) is 3.52. The molecule has 0 aliphatic heterocycles. The fourth-order valence-corrected chi connectivity index (χ4v) is 2.95. The van der Waals surface area contributed by atoms with Gasteiger partial charge in [-0.1, -0.05) is 38.5 Å². The molecule has 0 saturated heterocycles. The summed E-state index contributed by atoms with van der Waals surface area (Å²) >= 11 is 0. The quantitative estimate of drug-likeness (QED) is 0.324. The van der Waals surface area contributed by atoms with E-state index in [1.165, 1.54) is 0 Å². The van der Waals surface area contributed by atoms with Gasteiger partial charge in [0.15, 0.2) is 0 Å². The van der Waals surface area contributed by atoms with Crippen LogP contribution in [0.25, 0.3) is 0 Å². The van der Waals surface area contributed by atoms with Gasteiger partial charge in [-0.2, -0.15) is 0 Å². The average molecular weight is 360 g/mol. The van der Waals surface area contributed by atoms with E-state index in [0.717, 1.165) is 77.3 Å². The molecule has 0 saturated carbocycles. The summed E-state index contributed by atoms with van der Waals surface area (Å²) in [5, 5.41) is 26.8. The number of carboxylic acid groups (broad SMARTS) is 2. The molecule has 0 aliphatic rings. The molecule has 0 amide bonds. The van der Waals surface area contributed by atoms with E-state index in [0.29, 0.717) is 6.54 Å². The van der Waals surface area contributed by atoms with Crippen LogP contribution in [-0.2, 0) is 9.59 Å². The summed E-state index contributed by atoms with van der Waals surface area (Å²) < 4.78 is 0. The van der Waals surface area contributed by atoms with Crippen LogP contribution in [0.5, 0.6) is 0 Å². The molecule has 148 valence electrons. The Bertz CT molecular complexity index is 319. The Balaban J connectivity index is 3.68. The summed E-state index contributed by atoms with van der Waals surface area (Å²) in [5.74, 6) is -1.43. The van der Waals surface area contributed by atoms with Crippen LogP contribution < -0.4 is 0 Å². The van der Waals surface area contributed by atoms with Crippen molar-refractivity contribution in [1.29, 1.82) is 0 Å². The van der Waals surface area contributed by atoms with Crippen LogP contribution in [0.3, 0.4) is 0 Å². The first-order valence-corrected chi connectivity index (χ1v) is 9.76. The van der Waals surface area contributed by atoms with E-state index >= 15 is 0 Å². The third-order valence-corrected chi connectivity index (χ3v) is 4.25. The zero-order chi connectivity index (χ0) is 18.9.